The molecule has 0 aliphatic heterocycles. The lowest BCUT2D eigenvalue weighted by molar-refractivity contribution is -0.159. The maximum Gasteiger partial charge on any atom is 0.471 e. The molecule has 2 heterocycles. The van der Waals surface area contributed by atoms with Gasteiger partial charge in [-0.1, -0.05) is 42.8 Å². The van der Waals surface area contributed by atoms with Gasteiger partial charge in [-0.05, 0) is 18.9 Å². The van der Waals surface area contributed by atoms with Crippen molar-refractivity contribution in [1.29, 1.82) is 0 Å². The Hall–Kier alpha value is -3.17. The molecule has 0 unspecified atom stereocenters. The predicted molar refractivity (Wildman–Crippen MR) is 96.0 cm³/mol. The zero-order valence-electron chi connectivity index (χ0n) is 15.9. The van der Waals surface area contributed by atoms with Gasteiger partial charge in [0, 0.05) is 12.1 Å². The standard InChI is InChI=1S/C19H19F3N4O3/c1-3-5-14-15(17(27)28-4-2)26(11-23-14)10-12-6-8-13(9-7-12)16-24-18(29-25-16)19(20,21)22/h6-9,11H,3-5,10H2,1-2H3. The lowest BCUT2D eigenvalue weighted by Crippen LogP contribution is -2.14. The fraction of sp³-hybridized carbons (Fsp3) is 0.368. The van der Waals surface area contributed by atoms with Gasteiger partial charge in [-0.15, -0.1) is 0 Å². The van der Waals surface area contributed by atoms with Gasteiger partial charge < -0.3 is 13.8 Å². The van der Waals surface area contributed by atoms with E-state index in [1.807, 2.05) is 6.92 Å². The highest BCUT2D eigenvalue weighted by Crippen LogP contribution is 2.29. The lowest BCUT2D eigenvalue weighted by atomic mass is 10.1. The van der Waals surface area contributed by atoms with Crippen molar-refractivity contribution < 1.29 is 27.2 Å². The van der Waals surface area contributed by atoms with Crippen LogP contribution in [0.1, 0.15) is 47.9 Å². The number of aryl methyl sites for hydroxylation is 1. The highest BCUT2D eigenvalue weighted by Gasteiger charge is 2.38. The average Bonchev–Trinajstić information content (AvgIpc) is 3.31. The minimum atomic E-state index is -4.69. The summed E-state index contributed by atoms with van der Waals surface area (Å²) in [5.74, 6) is -1.97. The Labute approximate surface area is 164 Å². The minimum absolute atomic E-state index is 0.149. The van der Waals surface area contributed by atoms with Crippen LogP contribution in [0.2, 0.25) is 0 Å². The second kappa shape index (κ2) is 8.46. The molecule has 0 spiro atoms. The fourth-order valence-electron chi connectivity index (χ4n) is 2.81. The smallest absolute Gasteiger partial charge is 0.461 e. The van der Waals surface area contributed by atoms with Gasteiger partial charge in [-0.25, -0.2) is 9.78 Å². The zero-order chi connectivity index (χ0) is 21.0. The number of carbonyl (C=O) groups is 1. The van der Waals surface area contributed by atoms with Crippen molar-refractivity contribution in [3.8, 4) is 11.4 Å². The number of halogens is 3. The number of carbonyl (C=O) groups excluding carboxylic acids is 1. The Kier molecular flexibility index (Phi) is 6.00. The van der Waals surface area contributed by atoms with Gasteiger partial charge in [0.05, 0.1) is 18.6 Å². The van der Waals surface area contributed by atoms with Crippen LogP contribution in [0.15, 0.2) is 35.1 Å². The van der Waals surface area contributed by atoms with Crippen molar-refractivity contribution in [2.45, 2.75) is 39.4 Å². The molecule has 0 aliphatic carbocycles. The highest BCUT2D eigenvalue weighted by molar-refractivity contribution is 5.89. The predicted octanol–water partition coefficient (Wildman–Crippen LogP) is 4.13. The summed E-state index contributed by atoms with van der Waals surface area (Å²) in [7, 11) is 0. The molecule has 2 aromatic heterocycles. The summed E-state index contributed by atoms with van der Waals surface area (Å²) in [6.07, 6.45) is -1.62. The summed E-state index contributed by atoms with van der Waals surface area (Å²) < 4.78 is 48.9. The number of hydrogen-bond acceptors (Lipinski definition) is 6. The Bertz CT molecular complexity index is 977. The molecule has 3 aromatic rings. The molecule has 0 fully saturated rings. The van der Waals surface area contributed by atoms with E-state index in [2.05, 4.69) is 19.6 Å². The lowest BCUT2D eigenvalue weighted by Gasteiger charge is -2.09. The van der Waals surface area contributed by atoms with Gasteiger partial charge >= 0.3 is 18.0 Å². The maximum absolute atomic E-state index is 12.6. The number of nitrogens with zero attached hydrogens (tertiary/aromatic N) is 4. The second-order valence-corrected chi connectivity index (χ2v) is 6.26. The number of hydrogen-bond donors (Lipinski definition) is 0. The van der Waals surface area contributed by atoms with E-state index in [1.165, 1.54) is 0 Å². The van der Waals surface area contributed by atoms with Crippen molar-refractivity contribution in [3.63, 3.8) is 0 Å². The van der Waals surface area contributed by atoms with E-state index in [0.717, 1.165) is 12.0 Å². The summed E-state index contributed by atoms with van der Waals surface area (Å²) >= 11 is 0. The number of esters is 1. The molecule has 0 bridgehead atoms. The van der Waals surface area contributed by atoms with E-state index in [9.17, 15) is 18.0 Å². The van der Waals surface area contributed by atoms with Crippen LogP contribution in [0.25, 0.3) is 11.4 Å². The molecule has 0 aliphatic rings. The molecule has 3 rings (SSSR count). The third kappa shape index (κ3) is 4.64. The van der Waals surface area contributed by atoms with Crippen LogP contribution in [-0.4, -0.2) is 32.3 Å². The monoisotopic (exact) mass is 408 g/mol. The van der Waals surface area contributed by atoms with Crippen LogP contribution in [-0.2, 0) is 23.9 Å². The third-order valence-corrected chi connectivity index (χ3v) is 4.10. The summed E-state index contributed by atoms with van der Waals surface area (Å²) in [5.41, 5.74) is 2.29. The van der Waals surface area contributed by atoms with Crippen molar-refractivity contribution in [2.75, 3.05) is 6.61 Å². The minimum Gasteiger partial charge on any atom is -0.461 e. The van der Waals surface area contributed by atoms with Crippen molar-refractivity contribution in [3.05, 3.63) is 53.4 Å². The van der Waals surface area contributed by atoms with Crippen LogP contribution in [0, 0.1) is 0 Å². The van der Waals surface area contributed by atoms with Crippen molar-refractivity contribution >= 4 is 5.97 Å². The first kappa shape index (κ1) is 20.6. The quantitative estimate of drug-likeness (QED) is 0.547. The number of alkyl halides is 3. The number of ether oxygens (including phenoxy) is 1. The zero-order valence-corrected chi connectivity index (χ0v) is 15.9. The maximum atomic E-state index is 12.6. The first-order chi connectivity index (χ1) is 13.8. The molecule has 10 heteroatoms. The van der Waals surface area contributed by atoms with E-state index in [-0.39, 0.29) is 12.4 Å². The number of benzene rings is 1. The molecule has 154 valence electrons. The van der Waals surface area contributed by atoms with Crippen LogP contribution in [0.5, 0.6) is 0 Å². The Morgan fingerprint density at radius 3 is 2.52 bits per heavy atom. The van der Waals surface area contributed by atoms with Crippen LogP contribution < -0.4 is 0 Å². The third-order valence-electron chi connectivity index (χ3n) is 4.10. The SMILES string of the molecule is CCCc1ncn(Cc2ccc(-c3noc(C(F)(F)F)n3)cc2)c1C(=O)OCC. The van der Waals surface area contributed by atoms with Crippen molar-refractivity contribution in [2.24, 2.45) is 0 Å². The van der Waals surface area contributed by atoms with Crippen LogP contribution in [0.4, 0.5) is 13.2 Å². The topological polar surface area (TPSA) is 83.0 Å². The second-order valence-electron chi connectivity index (χ2n) is 6.26. The van der Waals surface area contributed by atoms with Gasteiger partial charge in [0.2, 0.25) is 5.82 Å². The average molecular weight is 408 g/mol. The number of rotatable bonds is 7. The Morgan fingerprint density at radius 2 is 1.93 bits per heavy atom. The number of aromatic nitrogens is 4. The molecule has 0 amide bonds. The molecule has 1 aromatic carbocycles. The molecule has 0 atom stereocenters. The van der Waals surface area contributed by atoms with Crippen LogP contribution in [0.3, 0.4) is 0 Å². The molecule has 0 radical (unpaired) electrons. The Morgan fingerprint density at radius 1 is 1.21 bits per heavy atom. The van der Waals surface area contributed by atoms with E-state index in [4.69, 9.17) is 4.74 Å². The Balaban J connectivity index is 1.81. The van der Waals surface area contributed by atoms with Crippen molar-refractivity contribution in [1.82, 2.24) is 19.7 Å². The number of imidazole rings is 1. The summed E-state index contributed by atoms with van der Waals surface area (Å²) in [4.78, 5) is 20.0. The van der Waals surface area contributed by atoms with Crippen LogP contribution >= 0.6 is 0 Å². The first-order valence-corrected chi connectivity index (χ1v) is 9.04. The molecule has 0 saturated heterocycles. The van der Waals surface area contributed by atoms with Gasteiger partial charge in [-0.3, -0.25) is 0 Å². The van der Waals surface area contributed by atoms with Gasteiger partial charge in [-0.2, -0.15) is 18.2 Å². The van der Waals surface area contributed by atoms with E-state index >= 15 is 0 Å². The summed E-state index contributed by atoms with van der Waals surface area (Å²) in [5, 5.41) is 3.37. The van der Waals surface area contributed by atoms with Gasteiger partial charge in [0.25, 0.3) is 0 Å². The fourth-order valence-corrected chi connectivity index (χ4v) is 2.81. The largest absolute Gasteiger partial charge is 0.471 e. The molecule has 29 heavy (non-hydrogen) atoms. The van der Waals surface area contributed by atoms with Gasteiger partial charge in [0.15, 0.2) is 5.69 Å². The normalized spacial score (nSPS) is 11.6. The molecule has 0 saturated carbocycles. The highest BCUT2D eigenvalue weighted by atomic mass is 19.4. The van der Waals surface area contributed by atoms with Gasteiger partial charge in [0.1, 0.15) is 0 Å². The molecular weight excluding hydrogens is 389 g/mol. The van der Waals surface area contributed by atoms with E-state index in [1.54, 1.807) is 42.1 Å². The summed E-state index contributed by atoms with van der Waals surface area (Å²) in [6.45, 7) is 4.34. The van der Waals surface area contributed by atoms with E-state index in [0.29, 0.717) is 29.9 Å². The molecule has 7 nitrogen and oxygen atoms in total. The van der Waals surface area contributed by atoms with E-state index < -0.39 is 18.0 Å². The molecule has 0 N–H and O–H groups in total. The first-order valence-electron chi connectivity index (χ1n) is 9.04. The summed E-state index contributed by atoms with van der Waals surface area (Å²) in [6, 6.07) is 6.61. The molecular formula is C19H19F3N4O3.